The number of imide groups is 1. The zero-order valence-electron chi connectivity index (χ0n) is 19.4. The largest absolute Gasteiger partial charge is 0.455 e. The molecule has 2 amide bonds. The summed E-state index contributed by atoms with van der Waals surface area (Å²) in [7, 11) is 0. The van der Waals surface area contributed by atoms with Gasteiger partial charge in [0.2, 0.25) is 0 Å². The predicted octanol–water partition coefficient (Wildman–Crippen LogP) is 6.24. The van der Waals surface area contributed by atoms with Crippen molar-refractivity contribution < 1.29 is 14.0 Å². The average Bonchev–Trinajstić information content (AvgIpc) is 3.47. The zero-order chi connectivity index (χ0) is 24.6. The first-order valence-corrected chi connectivity index (χ1v) is 12.8. The minimum absolute atomic E-state index is 0.140. The molecule has 0 spiro atoms. The number of rotatable bonds is 3. The molecule has 4 aliphatic rings. The molecule has 1 aromatic heterocycles. The molecule has 2 heterocycles. The van der Waals surface area contributed by atoms with Gasteiger partial charge in [-0.25, -0.2) is 0 Å². The van der Waals surface area contributed by atoms with E-state index in [1.54, 1.807) is 6.07 Å². The number of carbonyl (C=O) groups is 2. The van der Waals surface area contributed by atoms with E-state index in [1.807, 2.05) is 55.5 Å². The summed E-state index contributed by atoms with van der Waals surface area (Å²) in [6.45, 7) is 2.03. The minimum atomic E-state index is -0.443. The van der Waals surface area contributed by atoms with Crippen molar-refractivity contribution in [3.63, 3.8) is 0 Å². The summed E-state index contributed by atoms with van der Waals surface area (Å²) in [6, 6.07) is 26.1. The third kappa shape index (κ3) is 2.97. The molecule has 2 atom stereocenters. The molecule has 1 fully saturated rings. The molecule has 1 aliphatic heterocycles. The lowest BCUT2D eigenvalue weighted by Gasteiger charge is -2.45. The van der Waals surface area contributed by atoms with E-state index in [0.29, 0.717) is 11.5 Å². The highest BCUT2D eigenvalue weighted by atomic mass is 79.9. The van der Waals surface area contributed by atoms with Gasteiger partial charge in [0.25, 0.3) is 11.8 Å². The van der Waals surface area contributed by atoms with Gasteiger partial charge in [0, 0.05) is 21.9 Å². The van der Waals surface area contributed by atoms with Crippen molar-refractivity contribution in [1.29, 1.82) is 0 Å². The van der Waals surface area contributed by atoms with E-state index >= 15 is 0 Å². The van der Waals surface area contributed by atoms with Gasteiger partial charge >= 0.3 is 0 Å². The number of nitrogens with zero attached hydrogens (tertiary/aromatic N) is 2. The van der Waals surface area contributed by atoms with Crippen LogP contribution >= 0.6 is 15.9 Å². The third-order valence-corrected chi connectivity index (χ3v) is 8.66. The molecule has 3 aromatic carbocycles. The lowest BCUT2D eigenvalue weighted by molar-refractivity contribution is -0.139. The van der Waals surface area contributed by atoms with E-state index in [0.717, 1.165) is 42.9 Å². The Balaban J connectivity index is 1.23. The van der Waals surface area contributed by atoms with Crippen molar-refractivity contribution in [3.05, 3.63) is 117 Å². The lowest BCUT2D eigenvalue weighted by Crippen LogP contribution is -2.41. The third-order valence-electron chi connectivity index (χ3n) is 7.81. The predicted molar refractivity (Wildman–Crippen MR) is 140 cm³/mol. The van der Waals surface area contributed by atoms with E-state index in [2.05, 4.69) is 45.3 Å². The molecule has 36 heavy (non-hydrogen) atoms. The molecule has 0 radical (unpaired) electrons. The molecule has 0 saturated carbocycles. The quantitative estimate of drug-likeness (QED) is 0.230. The van der Waals surface area contributed by atoms with Crippen molar-refractivity contribution in [2.45, 2.75) is 18.8 Å². The van der Waals surface area contributed by atoms with Crippen molar-refractivity contribution in [1.82, 2.24) is 5.01 Å². The fourth-order valence-corrected chi connectivity index (χ4v) is 6.59. The van der Waals surface area contributed by atoms with Crippen molar-refractivity contribution in [2.75, 3.05) is 0 Å². The molecule has 5 nitrogen and oxygen atoms in total. The Morgan fingerprint density at radius 1 is 0.806 bits per heavy atom. The highest BCUT2D eigenvalue weighted by Gasteiger charge is 2.61. The van der Waals surface area contributed by atoms with E-state index in [-0.39, 0.29) is 23.7 Å². The number of hydrogen-bond acceptors (Lipinski definition) is 4. The molecule has 176 valence electrons. The van der Waals surface area contributed by atoms with Crippen LogP contribution in [-0.2, 0) is 9.59 Å². The molecule has 2 unspecified atom stereocenters. The Bertz CT molecular complexity index is 1490. The summed E-state index contributed by atoms with van der Waals surface area (Å²) >= 11 is 3.56. The summed E-state index contributed by atoms with van der Waals surface area (Å²) in [5.41, 5.74) is 6.66. The number of halogens is 1. The van der Waals surface area contributed by atoms with Crippen LogP contribution in [0.15, 0.2) is 92.9 Å². The Kier molecular flexibility index (Phi) is 4.70. The van der Waals surface area contributed by atoms with Gasteiger partial charge in [-0.15, -0.1) is 0 Å². The smallest absolute Gasteiger partial charge is 0.254 e. The van der Waals surface area contributed by atoms with Gasteiger partial charge in [-0.1, -0.05) is 76.6 Å². The molecular formula is C30H21BrN2O3. The van der Waals surface area contributed by atoms with Crippen molar-refractivity contribution >= 4 is 34.0 Å². The first-order valence-electron chi connectivity index (χ1n) is 12.0. The Labute approximate surface area is 216 Å². The summed E-state index contributed by atoms with van der Waals surface area (Å²) < 4.78 is 6.95. The first kappa shape index (κ1) is 21.5. The van der Waals surface area contributed by atoms with Crippen LogP contribution < -0.4 is 0 Å². The fraction of sp³-hybridized carbons (Fsp3) is 0.167. The van der Waals surface area contributed by atoms with Gasteiger partial charge < -0.3 is 4.42 Å². The van der Waals surface area contributed by atoms with E-state index in [9.17, 15) is 9.59 Å². The van der Waals surface area contributed by atoms with Crippen LogP contribution in [-0.4, -0.2) is 23.0 Å². The molecule has 8 rings (SSSR count). The van der Waals surface area contributed by atoms with Gasteiger partial charge in [-0.3, -0.25) is 9.59 Å². The summed E-state index contributed by atoms with van der Waals surface area (Å²) in [6.07, 6.45) is 1.46. The SMILES string of the molecule is Cc1ccc(-c2ccc(/C=N/N3C(=O)C4C5c6ccccc6C(c6ccccc65)C4C3=O)o2)cc1Br. The molecule has 1 saturated heterocycles. The molecule has 3 aliphatic carbocycles. The van der Waals surface area contributed by atoms with Crippen LogP contribution in [0.2, 0.25) is 0 Å². The highest BCUT2D eigenvalue weighted by Crippen LogP contribution is 2.60. The molecule has 2 bridgehead atoms. The molecular weight excluding hydrogens is 516 g/mol. The second-order valence-electron chi connectivity index (χ2n) is 9.66. The van der Waals surface area contributed by atoms with Gasteiger partial charge in [0.05, 0.1) is 18.1 Å². The fourth-order valence-electron chi connectivity index (χ4n) is 6.21. The maximum absolute atomic E-state index is 13.6. The molecule has 0 N–H and O–H groups in total. The Morgan fingerprint density at radius 3 is 1.89 bits per heavy atom. The Hall–Kier alpha value is -3.77. The summed E-state index contributed by atoms with van der Waals surface area (Å²) in [5.74, 6) is -0.480. The summed E-state index contributed by atoms with van der Waals surface area (Å²) in [5, 5.41) is 5.41. The maximum atomic E-state index is 13.6. The summed E-state index contributed by atoms with van der Waals surface area (Å²) in [4.78, 5) is 27.3. The minimum Gasteiger partial charge on any atom is -0.455 e. The van der Waals surface area contributed by atoms with Crippen LogP contribution in [0.4, 0.5) is 0 Å². The highest BCUT2D eigenvalue weighted by molar-refractivity contribution is 9.10. The topological polar surface area (TPSA) is 62.9 Å². The number of benzene rings is 3. The van der Waals surface area contributed by atoms with Gasteiger partial charge in [-0.2, -0.15) is 10.1 Å². The number of aryl methyl sites for hydroxylation is 1. The second kappa shape index (κ2) is 7.87. The lowest BCUT2D eigenvalue weighted by atomic mass is 9.55. The number of hydrazone groups is 1. The Morgan fingerprint density at radius 2 is 1.36 bits per heavy atom. The number of hydrogen-bond donors (Lipinski definition) is 0. The van der Waals surface area contributed by atoms with Crippen molar-refractivity contribution in [2.24, 2.45) is 16.9 Å². The standard InChI is InChI=1S/C30H21BrN2O3/c1-16-10-11-17(14-23(16)31)24-13-12-18(36-24)15-32-33-29(34)27-25-19-6-2-3-7-20(19)26(28(27)30(33)35)22-9-5-4-8-21(22)25/h2-15,25-28H,1H3/b32-15+. The van der Waals surface area contributed by atoms with Gasteiger partial charge in [-0.05, 0) is 52.9 Å². The molecule has 6 heteroatoms. The zero-order valence-corrected chi connectivity index (χ0v) is 21.0. The van der Waals surface area contributed by atoms with Crippen LogP contribution in [0.1, 0.15) is 45.4 Å². The van der Waals surface area contributed by atoms with Gasteiger partial charge in [0.15, 0.2) is 0 Å². The maximum Gasteiger partial charge on any atom is 0.254 e. The van der Waals surface area contributed by atoms with Crippen LogP contribution in [0.3, 0.4) is 0 Å². The number of amides is 2. The number of carbonyl (C=O) groups excluding carboxylic acids is 2. The molecule has 4 aromatic rings. The monoisotopic (exact) mass is 536 g/mol. The average molecular weight is 537 g/mol. The van der Waals surface area contributed by atoms with Crippen molar-refractivity contribution in [3.8, 4) is 11.3 Å². The van der Waals surface area contributed by atoms with Crippen LogP contribution in [0.5, 0.6) is 0 Å². The second-order valence-corrected chi connectivity index (χ2v) is 10.5. The van der Waals surface area contributed by atoms with Gasteiger partial charge in [0.1, 0.15) is 11.5 Å². The number of furan rings is 1. The van der Waals surface area contributed by atoms with E-state index in [4.69, 9.17) is 4.42 Å². The van der Waals surface area contributed by atoms with E-state index in [1.165, 1.54) is 6.21 Å². The van der Waals surface area contributed by atoms with E-state index < -0.39 is 11.8 Å². The van der Waals surface area contributed by atoms with Crippen LogP contribution in [0, 0.1) is 18.8 Å². The van der Waals surface area contributed by atoms with Crippen LogP contribution in [0.25, 0.3) is 11.3 Å². The normalized spacial score (nSPS) is 23.8. The first-order chi connectivity index (χ1) is 17.5.